The Balaban J connectivity index is 1.75. The number of aryl methyl sites for hydroxylation is 1. The summed E-state index contributed by atoms with van der Waals surface area (Å²) in [7, 11) is 5.16. The number of ether oxygens (including phenoxy) is 3. The van der Waals surface area contributed by atoms with E-state index in [9.17, 15) is 19.6 Å². The molecule has 1 aromatic carbocycles. The quantitative estimate of drug-likeness (QED) is 0.421. The number of allylic oxidation sites excluding steroid dienone is 2. The van der Waals surface area contributed by atoms with Crippen molar-refractivity contribution in [3.8, 4) is 17.6 Å². The van der Waals surface area contributed by atoms with Crippen molar-refractivity contribution < 1.29 is 28.6 Å². The molecule has 5 rings (SSSR count). The minimum atomic E-state index is -0.627. The highest BCUT2D eigenvalue weighted by Crippen LogP contribution is 2.54. The summed E-state index contributed by atoms with van der Waals surface area (Å²) in [4.78, 5) is 43.7. The van der Waals surface area contributed by atoms with E-state index in [-0.39, 0.29) is 48.9 Å². The Morgan fingerprint density at radius 1 is 1.10 bits per heavy atom. The van der Waals surface area contributed by atoms with E-state index < -0.39 is 12.1 Å². The second-order valence-electron chi connectivity index (χ2n) is 11.1. The number of likely N-dealkylation sites (N-methyl/N-ethyl adjacent to an activating group) is 1. The first kappa shape index (κ1) is 28.0. The van der Waals surface area contributed by atoms with E-state index in [4.69, 9.17) is 14.2 Å². The number of ketones is 2. The lowest BCUT2D eigenvalue weighted by Gasteiger charge is -2.60. The molecule has 1 N–H and O–H groups in total. The van der Waals surface area contributed by atoms with Crippen LogP contribution in [0.25, 0.3) is 0 Å². The van der Waals surface area contributed by atoms with Crippen LogP contribution in [0.15, 0.2) is 28.4 Å². The van der Waals surface area contributed by atoms with Gasteiger partial charge in [-0.15, -0.1) is 0 Å². The minimum absolute atomic E-state index is 0.0258. The van der Waals surface area contributed by atoms with E-state index >= 15 is 0 Å². The lowest BCUT2D eigenvalue weighted by atomic mass is 9.69. The molecule has 10 heteroatoms. The van der Waals surface area contributed by atoms with Crippen LogP contribution in [-0.2, 0) is 25.5 Å². The first-order valence-corrected chi connectivity index (χ1v) is 13.5. The number of carbonyl (C=O) groups is 3. The molecule has 1 amide bonds. The topological polar surface area (TPSA) is 121 Å². The summed E-state index contributed by atoms with van der Waals surface area (Å²) in [5.41, 5.74) is 4.65. The Morgan fingerprint density at radius 3 is 2.42 bits per heavy atom. The van der Waals surface area contributed by atoms with Crippen LogP contribution >= 0.6 is 0 Å². The van der Waals surface area contributed by atoms with E-state index in [0.29, 0.717) is 46.6 Å². The van der Waals surface area contributed by atoms with Gasteiger partial charge in [0.2, 0.25) is 5.91 Å². The summed E-state index contributed by atoms with van der Waals surface area (Å²) in [6.07, 6.45) is 0.877. The van der Waals surface area contributed by atoms with Crippen LogP contribution in [0.1, 0.15) is 49.9 Å². The third kappa shape index (κ3) is 4.07. The average molecular weight is 549 g/mol. The molecule has 1 saturated heterocycles. The maximum atomic E-state index is 13.7. The van der Waals surface area contributed by atoms with Gasteiger partial charge in [0.05, 0.1) is 25.3 Å². The fourth-order valence-corrected chi connectivity index (χ4v) is 7.19. The Morgan fingerprint density at radius 2 is 1.80 bits per heavy atom. The lowest BCUT2D eigenvalue weighted by molar-refractivity contribution is -0.122. The van der Waals surface area contributed by atoms with Crippen LogP contribution in [0.5, 0.6) is 11.5 Å². The van der Waals surface area contributed by atoms with Gasteiger partial charge in [0, 0.05) is 60.5 Å². The molecule has 10 nitrogen and oxygen atoms in total. The number of hydrogen-bond donors (Lipinski definition) is 1. The summed E-state index contributed by atoms with van der Waals surface area (Å²) in [5.74, 6) is 0.613. The highest BCUT2D eigenvalue weighted by atomic mass is 16.7. The zero-order valence-electron chi connectivity index (χ0n) is 24.1. The molecule has 0 radical (unpaired) electrons. The summed E-state index contributed by atoms with van der Waals surface area (Å²) < 4.78 is 17.2. The van der Waals surface area contributed by atoms with Gasteiger partial charge in [-0.05, 0) is 51.8 Å². The fourth-order valence-electron chi connectivity index (χ4n) is 7.19. The zero-order valence-corrected chi connectivity index (χ0v) is 24.1. The molecule has 5 atom stereocenters. The van der Waals surface area contributed by atoms with Crippen molar-refractivity contribution in [2.24, 2.45) is 0 Å². The van der Waals surface area contributed by atoms with Crippen LogP contribution in [0.3, 0.4) is 0 Å². The smallest absolute Gasteiger partial charge is 0.216 e. The highest BCUT2D eigenvalue weighted by molar-refractivity contribution is 6.25. The van der Waals surface area contributed by atoms with Crippen molar-refractivity contribution in [1.82, 2.24) is 15.1 Å². The van der Waals surface area contributed by atoms with Crippen molar-refractivity contribution in [3.05, 3.63) is 45.0 Å². The van der Waals surface area contributed by atoms with Gasteiger partial charge in [0.15, 0.2) is 29.9 Å². The fraction of sp³-hybridized carbons (Fsp3) is 0.533. The number of fused-ring (bicyclic) bond motifs is 6. The van der Waals surface area contributed by atoms with Crippen molar-refractivity contribution in [3.63, 3.8) is 0 Å². The second-order valence-corrected chi connectivity index (χ2v) is 11.1. The van der Waals surface area contributed by atoms with Crippen LogP contribution in [0.4, 0.5) is 0 Å². The molecular weight excluding hydrogens is 512 g/mol. The van der Waals surface area contributed by atoms with Crippen molar-refractivity contribution in [2.45, 2.75) is 70.7 Å². The number of Topliss-reactive ketones (excluding diaryl/α,β-unsaturated/α-hetero) is 2. The van der Waals surface area contributed by atoms with Crippen molar-refractivity contribution in [1.29, 1.82) is 5.26 Å². The first-order valence-electron chi connectivity index (χ1n) is 13.5. The molecule has 4 aliphatic rings. The SMILES string of the molecule is COCOc1c(OC)c(C)cc2c1[C@@H]1C3CC4=C(C(=O)C(C)=C(C)C4=O)[C@H](CNC(C)=O)N3[C@@H](C#N)[C@H](C2)N1C. The average Bonchev–Trinajstić information content (AvgIpc) is 2.92. The molecule has 0 aromatic heterocycles. The number of rotatable bonds is 6. The number of nitrogens with one attached hydrogen (secondary N) is 1. The predicted molar refractivity (Wildman–Crippen MR) is 146 cm³/mol. The monoisotopic (exact) mass is 548 g/mol. The van der Waals surface area contributed by atoms with Gasteiger partial charge in [0.1, 0.15) is 6.04 Å². The molecule has 1 fully saturated rings. The maximum absolute atomic E-state index is 13.7. The molecule has 1 aliphatic carbocycles. The molecule has 40 heavy (non-hydrogen) atoms. The largest absolute Gasteiger partial charge is 0.493 e. The number of nitriles is 1. The summed E-state index contributed by atoms with van der Waals surface area (Å²) in [5, 5.41) is 13.4. The molecule has 3 aliphatic heterocycles. The Kier molecular flexibility index (Phi) is 7.33. The zero-order chi connectivity index (χ0) is 29.0. The molecule has 2 bridgehead atoms. The molecule has 0 saturated carbocycles. The van der Waals surface area contributed by atoms with Gasteiger partial charge in [0.25, 0.3) is 0 Å². The molecule has 3 heterocycles. The standard InChI is InChI=1S/C30H36N4O6/c1-14-8-18-9-20-22(11-31)34-21(26(33(20)5)24(18)30(29(14)39-7)40-13-38-6)10-19-25(23(34)12-32-17(4)35)28(37)16(3)15(2)27(19)36/h8,20-23,26H,9-10,12-13H2,1-7H3,(H,32,35)/t20-,21?,22-,23-,26-/m0/s1. The van der Waals surface area contributed by atoms with Gasteiger partial charge in [-0.3, -0.25) is 24.2 Å². The van der Waals surface area contributed by atoms with Gasteiger partial charge in [-0.2, -0.15) is 5.26 Å². The van der Waals surface area contributed by atoms with E-state index in [1.807, 2.05) is 14.0 Å². The molecule has 1 aromatic rings. The number of nitrogens with zero attached hydrogens (tertiary/aromatic N) is 3. The highest BCUT2D eigenvalue weighted by Gasteiger charge is 2.57. The molecular formula is C30H36N4O6. The van der Waals surface area contributed by atoms with E-state index in [1.54, 1.807) is 28.1 Å². The van der Waals surface area contributed by atoms with Crippen LogP contribution in [0.2, 0.25) is 0 Å². The molecule has 0 spiro atoms. The summed E-state index contributed by atoms with van der Waals surface area (Å²) in [6.45, 7) is 6.89. The summed E-state index contributed by atoms with van der Waals surface area (Å²) >= 11 is 0. The van der Waals surface area contributed by atoms with Gasteiger partial charge in [-0.1, -0.05) is 6.07 Å². The number of benzene rings is 1. The Labute approximate surface area is 234 Å². The third-order valence-corrected chi connectivity index (χ3v) is 9.06. The van der Waals surface area contributed by atoms with E-state index in [1.165, 1.54) is 6.92 Å². The van der Waals surface area contributed by atoms with Gasteiger partial charge >= 0.3 is 0 Å². The first-order chi connectivity index (χ1) is 19.1. The number of piperazine rings is 1. The second kappa shape index (κ2) is 10.5. The van der Waals surface area contributed by atoms with E-state index in [2.05, 4.69) is 27.3 Å². The minimum Gasteiger partial charge on any atom is -0.493 e. The van der Waals surface area contributed by atoms with Crippen LogP contribution < -0.4 is 14.8 Å². The maximum Gasteiger partial charge on any atom is 0.216 e. The number of hydrogen-bond acceptors (Lipinski definition) is 9. The van der Waals surface area contributed by atoms with Crippen LogP contribution in [0, 0.1) is 18.3 Å². The molecule has 1 unspecified atom stereocenters. The van der Waals surface area contributed by atoms with Gasteiger partial charge in [-0.25, -0.2) is 0 Å². The third-order valence-electron chi connectivity index (χ3n) is 9.06. The molecule has 212 valence electrons. The Hall–Kier alpha value is -3.52. The van der Waals surface area contributed by atoms with Crippen LogP contribution in [-0.4, -0.2) is 86.0 Å². The van der Waals surface area contributed by atoms with E-state index in [0.717, 1.165) is 16.7 Å². The number of amides is 1. The normalized spacial score (nSPS) is 28.0. The Bertz CT molecular complexity index is 1410. The van der Waals surface area contributed by atoms with Crippen molar-refractivity contribution in [2.75, 3.05) is 34.6 Å². The number of methoxy groups -OCH3 is 2. The van der Waals surface area contributed by atoms with Gasteiger partial charge < -0.3 is 19.5 Å². The lowest BCUT2D eigenvalue weighted by Crippen LogP contribution is -2.71. The number of carbonyl (C=O) groups excluding carboxylic acids is 3. The predicted octanol–water partition coefficient (Wildman–Crippen LogP) is 2.15. The van der Waals surface area contributed by atoms with Crippen molar-refractivity contribution >= 4 is 17.5 Å². The summed E-state index contributed by atoms with van der Waals surface area (Å²) in [6, 6.07) is 2.62.